The van der Waals surface area contributed by atoms with Gasteiger partial charge in [0, 0.05) is 6.20 Å². The van der Waals surface area contributed by atoms with Crippen LogP contribution in [0.3, 0.4) is 0 Å². The molecule has 0 saturated heterocycles. The molecule has 0 amide bonds. The molecule has 0 unspecified atom stereocenters. The van der Waals surface area contributed by atoms with Crippen molar-refractivity contribution in [2.24, 2.45) is 0 Å². The van der Waals surface area contributed by atoms with Gasteiger partial charge in [-0.05, 0) is 12.0 Å². The van der Waals surface area contributed by atoms with Crippen molar-refractivity contribution in [1.82, 2.24) is 19.7 Å². The largest absolute Gasteiger partial charge is 0.378 e. The van der Waals surface area contributed by atoms with Gasteiger partial charge < -0.3 is 5.73 Å². The number of aromatic nitrogens is 4. The maximum atomic E-state index is 11.0. The first-order valence-electron chi connectivity index (χ1n) is 5.31. The minimum atomic E-state index is -0.610. The van der Waals surface area contributed by atoms with E-state index < -0.39 is 4.92 Å². The van der Waals surface area contributed by atoms with E-state index in [1.54, 1.807) is 12.3 Å². The Morgan fingerprint density at radius 3 is 2.72 bits per heavy atom. The highest BCUT2D eigenvalue weighted by molar-refractivity contribution is 5.61. The summed E-state index contributed by atoms with van der Waals surface area (Å²) in [6, 6.07) is 1.78. The Balaban J connectivity index is 2.56. The average molecular weight is 248 g/mol. The van der Waals surface area contributed by atoms with Gasteiger partial charge in [0.15, 0.2) is 0 Å². The number of nitrogens with zero attached hydrogens (tertiary/aromatic N) is 5. The van der Waals surface area contributed by atoms with Gasteiger partial charge in [0.25, 0.3) is 0 Å². The quantitative estimate of drug-likeness (QED) is 0.646. The van der Waals surface area contributed by atoms with E-state index in [4.69, 9.17) is 5.73 Å². The molecule has 0 bridgehead atoms. The summed E-state index contributed by atoms with van der Waals surface area (Å²) < 4.78 is 1.34. The highest BCUT2D eigenvalue weighted by Crippen LogP contribution is 2.25. The molecule has 2 aromatic rings. The molecule has 0 atom stereocenters. The number of nitrogens with two attached hydrogens (primary N) is 1. The number of anilines is 1. The molecule has 2 aromatic heterocycles. The van der Waals surface area contributed by atoms with Crippen molar-refractivity contribution in [3.63, 3.8) is 0 Å². The van der Waals surface area contributed by atoms with Crippen LogP contribution in [0.15, 0.2) is 18.6 Å². The normalized spacial score (nSPS) is 10.8. The highest BCUT2D eigenvalue weighted by atomic mass is 16.6. The summed E-state index contributed by atoms with van der Waals surface area (Å²) in [5.41, 5.74) is 5.98. The zero-order valence-electron chi connectivity index (χ0n) is 9.94. The topological polar surface area (TPSA) is 113 Å². The minimum Gasteiger partial charge on any atom is -0.378 e. The molecule has 2 heterocycles. The van der Waals surface area contributed by atoms with Crippen molar-refractivity contribution in [3.05, 3.63) is 34.4 Å². The Labute approximate surface area is 103 Å². The Morgan fingerprint density at radius 2 is 2.17 bits per heavy atom. The second-order valence-electron chi connectivity index (χ2n) is 4.03. The Hall–Kier alpha value is -2.51. The summed E-state index contributed by atoms with van der Waals surface area (Å²) in [5, 5.41) is 15.2. The van der Waals surface area contributed by atoms with E-state index in [9.17, 15) is 10.1 Å². The first-order valence-corrected chi connectivity index (χ1v) is 5.31. The van der Waals surface area contributed by atoms with Crippen molar-refractivity contribution in [1.29, 1.82) is 0 Å². The lowest BCUT2D eigenvalue weighted by Crippen LogP contribution is -2.08. The lowest BCUT2D eigenvalue weighted by molar-refractivity contribution is -0.384. The predicted octanol–water partition coefficient (Wildman–Crippen LogP) is 1.28. The summed E-state index contributed by atoms with van der Waals surface area (Å²) in [5.74, 6) is 0.121. The first-order chi connectivity index (χ1) is 8.50. The Kier molecular flexibility index (Phi) is 2.92. The molecule has 0 aromatic carbocycles. The molecule has 2 N–H and O–H groups in total. The molecule has 8 nitrogen and oxygen atoms in total. The van der Waals surface area contributed by atoms with Crippen LogP contribution in [0.5, 0.6) is 0 Å². The molecule has 0 spiro atoms. The zero-order valence-corrected chi connectivity index (χ0v) is 9.94. The molecule has 2 rings (SSSR count). The van der Waals surface area contributed by atoms with Crippen LogP contribution < -0.4 is 5.73 Å². The van der Waals surface area contributed by atoms with Crippen LogP contribution in [0.4, 0.5) is 11.5 Å². The Bertz CT molecular complexity index is 592. The Morgan fingerprint density at radius 1 is 1.44 bits per heavy atom. The summed E-state index contributed by atoms with van der Waals surface area (Å²) in [6.07, 6.45) is 2.79. The molecule has 94 valence electrons. The summed E-state index contributed by atoms with van der Waals surface area (Å²) in [6.45, 7) is 3.96. The number of hydrogen-bond acceptors (Lipinski definition) is 6. The third-order valence-electron chi connectivity index (χ3n) is 2.43. The van der Waals surface area contributed by atoms with Crippen molar-refractivity contribution in [2.45, 2.75) is 19.8 Å². The molecule has 0 saturated carbocycles. The number of nitro groups is 1. The van der Waals surface area contributed by atoms with E-state index in [2.05, 4.69) is 15.1 Å². The van der Waals surface area contributed by atoms with Crippen molar-refractivity contribution >= 4 is 11.5 Å². The average Bonchev–Trinajstić information content (AvgIpc) is 2.77. The fourth-order valence-electron chi connectivity index (χ4n) is 1.49. The van der Waals surface area contributed by atoms with Crippen molar-refractivity contribution < 1.29 is 4.92 Å². The third-order valence-corrected chi connectivity index (χ3v) is 2.43. The minimum absolute atomic E-state index is 0.0689. The summed E-state index contributed by atoms with van der Waals surface area (Å²) in [7, 11) is 0. The van der Waals surface area contributed by atoms with Crippen LogP contribution in [0.1, 0.15) is 25.5 Å². The van der Waals surface area contributed by atoms with Gasteiger partial charge in [0.1, 0.15) is 6.33 Å². The summed E-state index contributed by atoms with van der Waals surface area (Å²) >= 11 is 0. The van der Waals surface area contributed by atoms with E-state index in [0.717, 1.165) is 5.69 Å². The van der Waals surface area contributed by atoms with Gasteiger partial charge in [0.2, 0.25) is 11.6 Å². The van der Waals surface area contributed by atoms with E-state index in [-0.39, 0.29) is 23.2 Å². The van der Waals surface area contributed by atoms with E-state index in [1.165, 1.54) is 11.0 Å². The van der Waals surface area contributed by atoms with Crippen LogP contribution in [-0.4, -0.2) is 24.7 Å². The maximum Gasteiger partial charge on any atom is 0.355 e. The van der Waals surface area contributed by atoms with Gasteiger partial charge in [0.05, 0.1) is 10.6 Å². The second kappa shape index (κ2) is 4.40. The van der Waals surface area contributed by atoms with Crippen molar-refractivity contribution in [3.8, 4) is 5.82 Å². The van der Waals surface area contributed by atoms with Crippen LogP contribution >= 0.6 is 0 Å². The fraction of sp³-hybridized carbons (Fsp3) is 0.300. The first kappa shape index (κ1) is 12.0. The van der Waals surface area contributed by atoms with Gasteiger partial charge in [-0.2, -0.15) is 5.10 Å². The van der Waals surface area contributed by atoms with Gasteiger partial charge in [-0.15, -0.1) is 0 Å². The van der Waals surface area contributed by atoms with Crippen LogP contribution in [0, 0.1) is 10.1 Å². The van der Waals surface area contributed by atoms with Gasteiger partial charge in [-0.1, -0.05) is 13.8 Å². The van der Waals surface area contributed by atoms with Crippen LogP contribution in [0.2, 0.25) is 0 Å². The van der Waals surface area contributed by atoms with Gasteiger partial charge in [-0.25, -0.2) is 14.6 Å². The maximum absolute atomic E-state index is 11.0. The summed E-state index contributed by atoms with van der Waals surface area (Å²) in [4.78, 5) is 17.8. The SMILES string of the molecule is CC(C)c1ccn(-c2ncnc(N)c2[N+](=O)[O-])n1. The van der Waals surface area contributed by atoms with Crippen LogP contribution in [0.25, 0.3) is 5.82 Å². The van der Waals surface area contributed by atoms with Gasteiger partial charge >= 0.3 is 5.69 Å². The molecule has 0 aliphatic carbocycles. The van der Waals surface area contributed by atoms with E-state index >= 15 is 0 Å². The highest BCUT2D eigenvalue weighted by Gasteiger charge is 2.23. The lowest BCUT2D eigenvalue weighted by Gasteiger charge is -2.03. The molecule has 0 fully saturated rings. The van der Waals surface area contributed by atoms with E-state index in [1.807, 2.05) is 13.8 Å². The standard InChI is InChI=1S/C10H12N6O2/c1-6(2)7-3-4-15(14-7)10-8(16(17)18)9(11)12-5-13-10/h3-6H,1-2H3,(H2,11,12,13). The molecule has 0 aliphatic heterocycles. The molecule has 0 radical (unpaired) electrons. The number of nitrogen functional groups attached to an aromatic ring is 1. The predicted molar refractivity (Wildman–Crippen MR) is 64.3 cm³/mol. The lowest BCUT2D eigenvalue weighted by atomic mass is 10.1. The van der Waals surface area contributed by atoms with E-state index in [0.29, 0.717) is 0 Å². The second-order valence-corrected chi connectivity index (χ2v) is 4.03. The molecule has 18 heavy (non-hydrogen) atoms. The number of rotatable bonds is 3. The smallest absolute Gasteiger partial charge is 0.355 e. The van der Waals surface area contributed by atoms with Crippen molar-refractivity contribution in [2.75, 3.05) is 5.73 Å². The molecular weight excluding hydrogens is 236 g/mol. The van der Waals surface area contributed by atoms with Gasteiger partial charge in [-0.3, -0.25) is 10.1 Å². The zero-order chi connectivity index (χ0) is 13.3. The molecule has 8 heteroatoms. The molecular formula is C10H12N6O2. The fourth-order valence-corrected chi connectivity index (χ4v) is 1.49. The van der Waals surface area contributed by atoms with Crippen LogP contribution in [-0.2, 0) is 0 Å². The monoisotopic (exact) mass is 248 g/mol. The third kappa shape index (κ3) is 1.99. The number of hydrogen-bond donors (Lipinski definition) is 1. The molecule has 0 aliphatic rings.